The van der Waals surface area contributed by atoms with Crippen LogP contribution in [0.5, 0.6) is 0 Å². The first-order chi connectivity index (χ1) is 7.20. The van der Waals surface area contributed by atoms with Crippen LogP contribution in [-0.2, 0) is 4.79 Å². The molecule has 0 N–H and O–H groups in total. The third-order valence-electron chi connectivity index (χ3n) is 2.75. The fourth-order valence-electron chi connectivity index (χ4n) is 2.04. The Balaban J connectivity index is 2.15. The summed E-state index contributed by atoms with van der Waals surface area (Å²) in [6, 6.07) is 4.39. The van der Waals surface area contributed by atoms with Crippen molar-refractivity contribution in [2.45, 2.75) is 31.2 Å². The van der Waals surface area contributed by atoms with Crippen molar-refractivity contribution in [1.29, 1.82) is 0 Å². The van der Waals surface area contributed by atoms with Gasteiger partial charge in [0.2, 0.25) is 5.91 Å². The maximum Gasteiger partial charge on any atom is 0.240 e. The van der Waals surface area contributed by atoms with Crippen molar-refractivity contribution >= 4 is 28.8 Å². The number of amides is 1. The van der Waals surface area contributed by atoms with E-state index in [-0.39, 0.29) is 11.9 Å². The molecule has 0 radical (unpaired) electrons. The van der Waals surface area contributed by atoms with Crippen LogP contribution in [0.4, 0.5) is 0 Å². The SMILES string of the molecule is C[C@H](Cl)C(=O)N1CCC[C@@H]1c1cccs1. The van der Waals surface area contributed by atoms with Crippen molar-refractivity contribution in [3.8, 4) is 0 Å². The second-order valence-electron chi connectivity index (χ2n) is 3.82. The molecular weight excluding hydrogens is 230 g/mol. The van der Waals surface area contributed by atoms with Crippen molar-refractivity contribution in [1.82, 2.24) is 4.90 Å². The molecule has 1 aliphatic rings. The van der Waals surface area contributed by atoms with E-state index in [9.17, 15) is 4.79 Å². The summed E-state index contributed by atoms with van der Waals surface area (Å²) in [6.45, 7) is 2.59. The highest BCUT2D eigenvalue weighted by atomic mass is 35.5. The summed E-state index contributed by atoms with van der Waals surface area (Å²) >= 11 is 7.56. The molecule has 2 atom stereocenters. The predicted octanol–water partition coefficient (Wildman–Crippen LogP) is 3.04. The minimum Gasteiger partial charge on any atom is -0.334 e. The largest absolute Gasteiger partial charge is 0.334 e. The van der Waals surface area contributed by atoms with E-state index in [0.717, 1.165) is 19.4 Å². The number of halogens is 1. The van der Waals surface area contributed by atoms with Gasteiger partial charge in [0.25, 0.3) is 0 Å². The standard InChI is InChI=1S/C11H14ClNOS/c1-8(12)11(14)13-6-2-4-9(13)10-5-3-7-15-10/h3,5,7-9H,2,4,6H2,1H3/t8-,9+/m0/s1. The van der Waals surface area contributed by atoms with Gasteiger partial charge in [-0.1, -0.05) is 6.07 Å². The van der Waals surface area contributed by atoms with Crippen LogP contribution in [0.1, 0.15) is 30.7 Å². The molecule has 0 aliphatic carbocycles. The Morgan fingerprint density at radius 3 is 3.13 bits per heavy atom. The molecule has 0 unspecified atom stereocenters. The highest BCUT2D eigenvalue weighted by molar-refractivity contribution is 7.10. The van der Waals surface area contributed by atoms with Crippen LogP contribution >= 0.6 is 22.9 Å². The average molecular weight is 244 g/mol. The number of carbonyl (C=O) groups is 1. The number of likely N-dealkylation sites (tertiary alicyclic amines) is 1. The Labute approximate surface area is 98.8 Å². The summed E-state index contributed by atoms with van der Waals surface area (Å²) in [5, 5.41) is 1.64. The second kappa shape index (κ2) is 4.54. The molecule has 0 spiro atoms. The third-order valence-corrected chi connectivity index (χ3v) is 3.91. The molecule has 4 heteroatoms. The zero-order valence-corrected chi connectivity index (χ0v) is 10.2. The number of hydrogen-bond donors (Lipinski definition) is 0. The quantitative estimate of drug-likeness (QED) is 0.732. The van der Waals surface area contributed by atoms with Gasteiger partial charge in [-0.25, -0.2) is 0 Å². The van der Waals surface area contributed by atoms with E-state index >= 15 is 0 Å². The molecule has 82 valence electrons. The molecular formula is C11H14ClNOS. The van der Waals surface area contributed by atoms with Gasteiger partial charge in [-0.05, 0) is 31.2 Å². The molecule has 0 bridgehead atoms. The molecule has 1 aromatic rings. The van der Waals surface area contributed by atoms with E-state index in [1.807, 2.05) is 11.0 Å². The van der Waals surface area contributed by atoms with Crippen LogP contribution in [0.15, 0.2) is 17.5 Å². The number of rotatable bonds is 2. The van der Waals surface area contributed by atoms with Crippen LogP contribution in [0.3, 0.4) is 0 Å². The van der Waals surface area contributed by atoms with Crippen molar-refractivity contribution in [3.63, 3.8) is 0 Å². The zero-order valence-electron chi connectivity index (χ0n) is 8.65. The predicted molar refractivity (Wildman–Crippen MR) is 63.3 cm³/mol. The van der Waals surface area contributed by atoms with E-state index in [0.29, 0.717) is 0 Å². The van der Waals surface area contributed by atoms with Crippen LogP contribution in [0.25, 0.3) is 0 Å². The summed E-state index contributed by atoms with van der Waals surface area (Å²) in [7, 11) is 0. The summed E-state index contributed by atoms with van der Waals surface area (Å²) < 4.78 is 0. The average Bonchev–Trinajstić information content (AvgIpc) is 2.86. The lowest BCUT2D eigenvalue weighted by Gasteiger charge is -2.24. The monoisotopic (exact) mass is 243 g/mol. The zero-order chi connectivity index (χ0) is 10.8. The maximum atomic E-state index is 11.8. The molecule has 2 rings (SSSR count). The van der Waals surface area contributed by atoms with Gasteiger partial charge >= 0.3 is 0 Å². The Bertz CT molecular complexity index is 336. The lowest BCUT2D eigenvalue weighted by Crippen LogP contribution is -2.34. The molecule has 0 aromatic carbocycles. The van der Waals surface area contributed by atoms with Gasteiger partial charge < -0.3 is 4.90 Å². The normalized spacial score (nSPS) is 23.1. The number of alkyl halides is 1. The Morgan fingerprint density at radius 1 is 1.73 bits per heavy atom. The van der Waals surface area contributed by atoms with Crippen LogP contribution in [-0.4, -0.2) is 22.7 Å². The first-order valence-electron chi connectivity index (χ1n) is 5.18. The Hall–Kier alpha value is -0.540. The van der Waals surface area contributed by atoms with Crippen LogP contribution < -0.4 is 0 Å². The van der Waals surface area contributed by atoms with Gasteiger partial charge in [0.05, 0.1) is 6.04 Å². The minimum absolute atomic E-state index is 0.0626. The number of carbonyl (C=O) groups excluding carboxylic acids is 1. The van der Waals surface area contributed by atoms with Crippen molar-refractivity contribution < 1.29 is 4.79 Å². The third kappa shape index (κ3) is 2.18. The molecule has 1 aliphatic heterocycles. The summed E-state index contributed by atoms with van der Waals surface area (Å²) in [5.41, 5.74) is 0. The summed E-state index contributed by atoms with van der Waals surface area (Å²) in [5.74, 6) is 0.0626. The topological polar surface area (TPSA) is 20.3 Å². The lowest BCUT2D eigenvalue weighted by atomic mass is 10.2. The van der Waals surface area contributed by atoms with E-state index < -0.39 is 5.38 Å². The number of hydrogen-bond acceptors (Lipinski definition) is 2. The van der Waals surface area contributed by atoms with Crippen LogP contribution in [0.2, 0.25) is 0 Å². The van der Waals surface area contributed by atoms with Gasteiger partial charge in [0, 0.05) is 11.4 Å². The molecule has 2 nitrogen and oxygen atoms in total. The second-order valence-corrected chi connectivity index (χ2v) is 5.46. The van der Waals surface area contributed by atoms with Gasteiger partial charge in [0.1, 0.15) is 5.38 Å². The van der Waals surface area contributed by atoms with Crippen molar-refractivity contribution in [2.75, 3.05) is 6.54 Å². The summed E-state index contributed by atoms with van der Waals surface area (Å²) in [6.07, 6.45) is 2.15. The first-order valence-corrected chi connectivity index (χ1v) is 6.49. The number of nitrogens with zero attached hydrogens (tertiary/aromatic N) is 1. The smallest absolute Gasteiger partial charge is 0.240 e. The minimum atomic E-state index is -0.412. The molecule has 1 aromatic heterocycles. The fraction of sp³-hybridized carbons (Fsp3) is 0.545. The van der Waals surface area contributed by atoms with Gasteiger partial charge in [0.15, 0.2) is 0 Å². The van der Waals surface area contributed by atoms with Crippen molar-refractivity contribution in [3.05, 3.63) is 22.4 Å². The van der Waals surface area contributed by atoms with Gasteiger partial charge in [-0.15, -0.1) is 22.9 Å². The fourth-order valence-corrected chi connectivity index (χ4v) is 3.03. The van der Waals surface area contributed by atoms with Crippen molar-refractivity contribution in [2.24, 2.45) is 0 Å². The van der Waals surface area contributed by atoms with E-state index in [4.69, 9.17) is 11.6 Å². The highest BCUT2D eigenvalue weighted by Gasteiger charge is 2.32. The molecule has 1 saturated heterocycles. The van der Waals surface area contributed by atoms with E-state index in [1.54, 1.807) is 18.3 Å². The van der Waals surface area contributed by atoms with Gasteiger partial charge in [-0.3, -0.25) is 4.79 Å². The van der Waals surface area contributed by atoms with Crippen LogP contribution in [0, 0.1) is 0 Å². The molecule has 1 amide bonds. The van der Waals surface area contributed by atoms with E-state index in [2.05, 4.69) is 11.4 Å². The summed E-state index contributed by atoms with van der Waals surface area (Å²) in [4.78, 5) is 15.0. The highest BCUT2D eigenvalue weighted by Crippen LogP contribution is 2.35. The molecule has 15 heavy (non-hydrogen) atoms. The number of thiophene rings is 1. The Morgan fingerprint density at radius 2 is 2.53 bits per heavy atom. The first kappa shape index (κ1) is 11.0. The van der Waals surface area contributed by atoms with Gasteiger partial charge in [-0.2, -0.15) is 0 Å². The lowest BCUT2D eigenvalue weighted by molar-refractivity contribution is -0.131. The molecule has 2 heterocycles. The van der Waals surface area contributed by atoms with E-state index in [1.165, 1.54) is 4.88 Å². The molecule has 1 fully saturated rings. The Kier molecular flexibility index (Phi) is 3.32. The maximum absolute atomic E-state index is 11.8. The molecule has 0 saturated carbocycles.